The van der Waals surface area contributed by atoms with Crippen molar-refractivity contribution in [3.05, 3.63) is 35.1 Å². The molecule has 14 heteroatoms. The van der Waals surface area contributed by atoms with E-state index in [-0.39, 0.29) is 43.9 Å². The normalized spacial score (nSPS) is 17.3. The summed E-state index contributed by atoms with van der Waals surface area (Å²) < 4.78 is 102. The number of halogens is 7. The average Bonchev–Trinajstić information content (AvgIpc) is 2.80. The van der Waals surface area contributed by atoms with Crippen LogP contribution in [0.5, 0.6) is 0 Å². The predicted molar refractivity (Wildman–Crippen MR) is 135 cm³/mol. The first kappa shape index (κ1) is 33.6. The number of alkyl halides is 6. The van der Waals surface area contributed by atoms with Crippen LogP contribution < -0.4 is 5.32 Å². The lowest BCUT2D eigenvalue weighted by Crippen LogP contribution is -2.57. The molecule has 0 aliphatic carbocycles. The van der Waals surface area contributed by atoms with Crippen LogP contribution in [0.4, 0.5) is 30.7 Å². The summed E-state index contributed by atoms with van der Waals surface area (Å²) in [6.07, 6.45) is -16.0. The third kappa shape index (κ3) is 9.78. The van der Waals surface area contributed by atoms with E-state index in [1.54, 1.807) is 0 Å². The van der Waals surface area contributed by atoms with Gasteiger partial charge in [-0.1, -0.05) is 43.6 Å². The summed E-state index contributed by atoms with van der Waals surface area (Å²) in [4.78, 5) is 26.3. The van der Waals surface area contributed by atoms with E-state index in [1.807, 2.05) is 0 Å². The Hall–Kier alpha value is -2.63. The fourth-order valence-electron chi connectivity index (χ4n) is 3.64. The Kier molecular flexibility index (Phi) is 10.8. The molecule has 1 fully saturated rings. The molecule has 1 atom stereocenters. The van der Waals surface area contributed by atoms with Crippen molar-refractivity contribution in [1.29, 1.82) is 0 Å². The van der Waals surface area contributed by atoms with Gasteiger partial charge in [0.25, 0.3) is 6.10 Å². The highest BCUT2D eigenvalue weighted by molar-refractivity contribution is 6.76. The van der Waals surface area contributed by atoms with Crippen LogP contribution in [0.2, 0.25) is 25.7 Å². The van der Waals surface area contributed by atoms with E-state index < -0.39 is 55.7 Å². The van der Waals surface area contributed by atoms with Crippen molar-refractivity contribution in [1.82, 2.24) is 10.2 Å². The van der Waals surface area contributed by atoms with Gasteiger partial charge in [-0.2, -0.15) is 26.3 Å². The largest absolute Gasteiger partial charge is 0.465 e. The molecular formula is C26H33F7N2O4Si. The summed E-state index contributed by atoms with van der Waals surface area (Å²) >= 11 is 0. The molecule has 0 bridgehead atoms. The second-order valence-electron chi connectivity index (χ2n) is 11.2. The maximum absolute atomic E-state index is 14.8. The van der Waals surface area contributed by atoms with Gasteiger partial charge in [0.15, 0.2) is 0 Å². The fourth-order valence-corrected chi connectivity index (χ4v) is 4.36. The Morgan fingerprint density at radius 3 is 2.33 bits per heavy atom. The maximum Gasteiger partial charge on any atom is 0.434 e. The molecule has 0 radical (unpaired) electrons. The van der Waals surface area contributed by atoms with Gasteiger partial charge in [-0.15, -0.1) is 0 Å². The average molecular weight is 599 g/mol. The molecule has 0 aromatic heterocycles. The van der Waals surface area contributed by atoms with Crippen LogP contribution in [0, 0.1) is 23.1 Å². The van der Waals surface area contributed by atoms with Crippen molar-refractivity contribution >= 4 is 20.0 Å². The summed E-state index contributed by atoms with van der Waals surface area (Å²) in [7, 11) is -1.45. The Labute approximate surface area is 229 Å². The minimum atomic E-state index is -5.85. The highest BCUT2D eigenvalue weighted by Crippen LogP contribution is 2.36. The molecule has 1 saturated heterocycles. The number of hydrogen-bond donors (Lipinski definition) is 1. The molecule has 224 valence electrons. The zero-order valence-corrected chi connectivity index (χ0v) is 23.9. The first-order valence-corrected chi connectivity index (χ1v) is 16.2. The number of nitrogens with zero attached hydrogens (tertiary/aromatic N) is 1. The predicted octanol–water partition coefficient (Wildman–Crippen LogP) is 4.90. The Morgan fingerprint density at radius 2 is 1.75 bits per heavy atom. The molecule has 1 aliphatic heterocycles. The molecule has 1 aromatic carbocycles. The highest BCUT2D eigenvalue weighted by atomic mass is 28.3. The van der Waals surface area contributed by atoms with Crippen molar-refractivity contribution < 1.29 is 49.8 Å². The standard InChI is InChI=1S/C26H33F7N2O4Si/c1-24(2,23(37)38-13-14-40(3,4)5)10-9-18-17(7-6-8-19(18)27)16-35-12-11-34-15-20(35)21(36)39-22(25(28,29)30)26(31,32)33/h6-8,20,22,34H,11-16H2,1-5H3. The number of rotatable bonds is 8. The van der Waals surface area contributed by atoms with Crippen LogP contribution in [0.3, 0.4) is 0 Å². The summed E-state index contributed by atoms with van der Waals surface area (Å²) in [6.45, 7) is 9.42. The van der Waals surface area contributed by atoms with Gasteiger partial charge in [0.2, 0.25) is 0 Å². The number of carbonyl (C=O) groups is 2. The van der Waals surface area contributed by atoms with E-state index in [9.17, 15) is 40.3 Å². The van der Waals surface area contributed by atoms with Crippen LogP contribution >= 0.6 is 0 Å². The second kappa shape index (κ2) is 12.9. The third-order valence-electron chi connectivity index (χ3n) is 6.02. The van der Waals surface area contributed by atoms with Crippen LogP contribution in [-0.2, 0) is 25.6 Å². The molecule has 40 heavy (non-hydrogen) atoms. The summed E-state index contributed by atoms with van der Waals surface area (Å²) in [5.41, 5.74) is -1.21. The highest BCUT2D eigenvalue weighted by Gasteiger charge is 2.60. The molecule has 1 aliphatic rings. The molecule has 1 heterocycles. The second-order valence-corrected chi connectivity index (χ2v) is 16.8. The number of esters is 2. The van der Waals surface area contributed by atoms with Crippen LogP contribution in [-0.4, -0.2) is 75.7 Å². The number of carbonyl (C=O) groups excluding carboxylic acids is 2. The van der Waals surface area contributed by atoms with Gasteiger partial charge in [0.05, 0.1) is 12.2 Å². The Morgan fingerprint density at radius 1 is 1.12 bits per heavy atom. The van der Waals surface area contributed by atoms with E-state index in [1.165, 1.54) is 30.9 Å². The summed E-state index contributed by atoms with van der Waals surface area (Å²) in [5.74, 6) is 2.28. The number of hydrogen-bond acceptors (Lipinski definition) is 6. The van der Waals surface area contributed by atoms with Gasteiger partial charge in [-0.25, -0.2) is 4.39 Å². The number of ether oxygens (including phenoxy) is 2. The monoisotopic (exact) mass is 598 g/mol. The summed E-state index contributed by atoms with van der Waals surface area (Å²) in [6, 6.07) is 3.17. The van der Waals surface area contributed by atoms with Gasteiger partial charge in [0.1, 0.15) is 17.3 Å². The van der Waals surface area contributed by atoms with Crippen molar-refractivity contribution in [2.24, 2.45) is 5.41 Å². The molecule has 1 N–H and O–H groups in total. The first-order chi connectivity index (χ1) is 18.2. The molecular weight excluding hydrogens is 565 g/mol. The van der Waals surface area contributed by atoms with E-state index in [4.69, 9.17) is 4.74 Å². The van der Waals surface area contributed by atoms with Crippen molar-refractivity contribution in [2.75, 3.05) is 26.2 Å². The smallest absolute Gasteiger partial charge is 0.434 e. The topological polar surface area (TPSA) is 67.9 Å². The van der Waals surface area contributed by atoms with Crippen LogP contribution in [0.1, 0.15) is 25.0 Å². The zero-order valence-electron chi connectivity index (χ0n) is 22.9. The van der Waals surface area contributed by atoms with Crippen molar-refractivity contribution in [3.8, 4) is 11.8 Å². The van der Waals surface area contributed by atoms with Gasteiger partial charge in [-0.3, -0.25) is 14.5 Å². The first-order valence-electron chi connectivity index (χ1n) is 12.5. The van der Waals surface area contributed by atoms with E-state index >= 15 is 0 Å². The van der Waals surface area contributed by atoms with Gasteiger partial charge >= 0.3 is 24.3 Å². The SMILES string of the molecule is CC(C)(C#Cc1c(F)cccc1CN1CCNCC1C(=O)OC(C(F)(F)F)C(F)(F)F)C(=O)OCC[Si](C)(C)C. The molecule has 0 amide bonds. The fraction of sp³-hybridized carbons (Fsp3) is 0.615. The molecule has 0 saturated carbocycles. The lowest BCUT2D eigenvalue weighted by molar-refractivity contribution is -0.314. The number of benzene rings is 1. The minimum absolute atomic E-state index is 0.0424. The van der Waals surface area contributed by atoms with Gasteiger partial charge < -0.3 is 14.8 Å². The molecule has 2 rings (SSSR count). The van der Waals surface area contributed by atoms with Gasteiger partial charge in [-0.05, 0) is 31.5 Å². The lowest BCUT2D eigenvalue weighted by Gasteiger charge is -2.35. The Balaban J connectivity index is 2.27. The van der Waals surface area contributed by atoms with E-state index in [2.05, 4.69) is 41.5 Å². The minimum Gasteiger partial charge on any atom is -0.465 e. The van der Waals surface area contributed by atoms with Crippen LogP contribution in [0.15, 0.2) is 18.2 Å². The lowest BCUT2D eigenvalue weighted by atomic mass is 9.93. The maximum atomic E-state index is 14.8. The number of nitrogens with one attached hydrogen (secondary N) is 1. The molecule has 1 unspecified atom stereocenters. The third-order valence-corrected chi connectivity index (χ3v) is 7.73. The molecule has 0 spiro atoms. The van der Waals surface area contributed by atoms with Crippen molar-refractivity contribution in [3.63, 3.8) is 0 Å². The van der Waals surface area contributed by atoms with E-state index in [0.717, 1.165) is 12.1 Å². The van der Waals surface area contributed by atoms with Gasteiger partial charge in [0, 0.05) is 34.3 Å². The van der Waals surface area contributed by atoms with Crippen LogP contribution in [0.25, 0.3) is 0 Å². The molecule has 1 aromatic rings. The van der Waals surface area contributed by atoms with E-state index in [0.29, 0.717) is 0 Å². The van der Waals surface area contributed by atoms with Crippen molar-refractivity contribution in [2.45, 2.75) is 70.6 Å². The quantitative estimate of drug-likeness (QED) is 0.199. The zero-order chi connectivity index (χ0) is 30.5. The molecule has 6 nitrogen and oxygen atoms in total. The summed E-state index contributed by atoms with van der Waals surface area (Å²) in [5, 5.41) is 2.74. The number of piperazine rings is 1. The Bertz CT molecular complexity index is 1110.